The molecule has 1 heterocycles. The molecule has 0 bridgehead atoms. The zero-order chi connectivity index (χ0) is 7.40. The van der Waals surface area contributed by atoms with E-state index in [4.69, 9.17) is 4.74 Å². The predicted molar refractivity (Wildman–Crippen MR) is 40.8 cm³/mol. The van der Waals surface area contributed by atoms with E-state index in [2.05, 4.69) is 10.3 Å². The molecule has 0 aromatic rings. The minimum atomic E-state index is 0.637. The van der Waals surface area contributed by atoms with E-state index >= 15 is 0 Å². The Bertz CT molecular complexity index is 172. The molecule has 0 radical (unpaired) electrons. The van der Waals surface area contributed by atoms with Gasteiger partial charge in [-0.15, -0.1) is 0 Å². The van der Waals surface area contributed by atoms with Gasteiger partial charge in [0.1, 0.15) is 6.67 Å². The number of nitrogens with zero attached hydrogens (tertiary/aromatic N) is 1. The van der Waals surface area contributed by atoms with E-state index in [-0.39, 0.29) is 0 Å². The van der Waals surface area contributed by atoms with Crippen molar-refractivity contribution in [3.05, 3.63) is 11.8 Å². The van der Waals surface area contributed by atoms with Gasteiger partial charge in [-0.1, -0.05) is 0 Å². The second-order valence-corrected chi connectivity index (χ2v) is 2.09. The first kappa shape index (κ1) is 7.12. The molecule has 0 saturated carbocycles. The molecular formula is C7H12N2O. The van der Waals surface area contributed by atoms with Crippen molar-refractivity contribution in [2.45, 2.75) is 13.8 Å². The quantitative estimate of drug-likeness (QED) is 0.586. The van der Waals surface area contributed by atoms with Crippen molar-refractivity contribution in [3.63, 3.8) is 0 Å². The normalized spacial score (nSPS) is 17.0. The molecular weight excluding hydrogens is 128 g/mol. The molecule has 10 heavy (non-hydrogen) atoms. The molecule has 0 aromatic carbocycles. The summed E-state index contributed by atoms with van der Waals surface area (Å²) in [5.74, 6) is 0.735. The van der Waals surface area contributed by atoms with Gasteiger partial charge in [0.2, 0.25) is 5.90 Å². The molecule has 3 nitrogen and oxygen atoms in total. The van der Waals surface area contributed by atoms with Crippen LogP contribution in [0.3, 0.4) is 0 Å². The summed E-state index contributed by atoms with van der Waals surface area (Å²) in [6.07, 6.45) is 1.90. The van der Waals surface area contributed by atoms with Crippen LogP contribution in [0.5, 0.6) is 0 Å². The Balaban J connectivity index is 2.51. The summed E-state index contributed by atoms with van der Waals surface area (Å²) >= 11 is 0. The van der Waals surface area contributed by atoms with Crippen LogP contribution < -0.4 is 5.32 Å². The van der Waals surface area contributed by atoms with Gasteiger partial charge in [-0.3, -0.25) is 0 Å². The summed E-state index contributed by atoms with van der Waals surface area (Å²) in [6, 6.07) is 0. The van der Waals surface area contributed by atoms with Crippen molar-refractivity contribution in [3.8, 4) is 0 Å². The zero-order valence-corrected chi connectivity index (χ0v) is 6.35. The third kappa shape index (κ3) is 1.76. The highest BCUT2D eigenvalue weighted by Gasteiger charge is 2.00. The lowest BCUT2D eigenvalue weighted by Crippen LogP contribution is -2.19. The van der Waals surface area contributed by atoms with Crippen molar-refractivity contribution in [1.29, 1.82) is 0 Å². The van der Waals surface area contributed by atoms with Crippen molar-refractivity contribution in [2.75, 3.05) is 13.3 Å². The highest BCUT2D eigenvalue weighted by Crippen LogP contribution is 1.96. The number of allylic oxidation sites excluding steroid dienone is 1. The van der Waals surface area contributed by atoms with Gasteiger partial charge in [-0.05, 0) is 13.8 Å². The number of hydrogen-bond acceptors (Lipinski definition) is 3. The predicted octanol–water partition coefficient (Wildman–Crippen LogP) is 0.886. The first-order chi connectivity index (χ1) is 4.83. The van der Waals surface area contributed by atoms with E-state index in [1.807, 2.05) is 19.9 Å². The zero-order valence-electron chi connectivity index (χ0n) is 6.35. The fraction of sp³-hybridized carbons (Fsp3) is 0.571. The highest BCUT2D eigenvalue weighted by molar-refractivity contribution is 5.88. The first-order valence-electron chi connectivity index (χ1n) is 3.42. The molecule has 0 atom stereocenters. The highest BCUT2D eigenvalue weighted by atomic mass is 16.5. The minimum Gasteiger partial charge on any atom is -0.478 e. The fourth-order valence-electron chi connectivity index (χ4n) is 0.759. The average Bonchev–Trinajstić information content (AvgIpc) is 1.88. The largest absolute Gasteiger partial charge is 0.478 e. The molecule has 0 aromatic heterocycles. The van der Waals surface area contributed by atoms with Crippen molar-refractivity contribution in [2.24, 2.45) is 4.99 Å². The third-order valence-electron chi connectivity index (χ3n) is 1.22. The van der Waals surface area contributed by atoms with Gasteiger partial charge in [0.15, 0.2) is 0 Å². The second-order valence-electron chi connectivity index (χ2n) is 2.09. The molecule has 3 heteroatoms. The molecule has 0 aliphatic carbocycles. The van der Waals surface area contributed by atoms with Gasteiger partial charge in [-0.2, -0.15) is 0 Å². The smallest absolute Gasteiger partial charge is 0.212 e. The molecule has 56 valence electrons. The maximum Gasteiger partial charge on any atom is 0.212 e. The van der Waals surface area contributed by atoms with E-state index in [1.165, 1.54) is 0 Å². The SMILES string of the molecule is CCOC1=NCNC(C)=C1. The van der Waals surface area contributed by atoms with Crippen molar-refractivity contribution >= 4 is 5.90 Å². The van der Waals surface area contributed by atoms with Crippen LogP contribution in [0.4, 0.5) is 0 Å². The number of aliphatic imine (C=N–C) groups is 1. The van der Waals surface area contributed by atoms with Crippen LogP contribution in [-0.2, 0) is 4.74 Å². The Morgan fingerprint density at radius 2 is 2.60 bits per heavy atom. The second kappa shape index (κ2) is 3.25. The van der Waals surface area contributed by atoms with Crippen LogP contribution in [0.25, 0.3) is 0 Å². The lowest BCUT2D eigenvalue weighted by atomic mass is 10.4. The van der Waals surface area contributed by atoms with Crippen LogP contribution in [0, 0.1) is 0 Å². The Kier molecular flexibility index (Phi) is 2.31. The Morgan fingerprint density at radius 1 is 1.80 bits per heavy atom. The van der Waals surface area contributed by atoms with Crippen LogP contribution in [0.2, 0.25) is 0 Å². The van der Waals surface area contributed by atoms with Crippen LogP contribution in [0.1, 0.15) is 13.8 Å². The van der Waals surface area contributed by atoms with Crippen LogP contribution in [-0.4, -0.2) is 19.2 Å². The molecule has 1 N–H and O–H groups in total. The van der Waals surface area contributed by atoms with E-state index in [0.29, 0.717) is 13.3 Å². The lowest BCUT2D eigenvalue weighted by molar-refractivity contribution is 0.326. The summed E-state index contributed by atoms with van der Waals surface area (Å²) in [5, 5.41) is 3.06. The van der Waals surface area contributed by atoms with Crippen molar-refractivity contribution < 1.29 is 4.74 Å². The van der Waals surface area contributed by atoms with Crippen molar-refractivity contribution in [1.82, 2.24) is 5.32 Å². The first-order valence-corrected chi connectivity index (χ1v) is 3.42. The van der Waals surface area contributed by atoms with Crippen LogP contribution in [0.15, 0.2) is 16.8 Å². The van der Waals surface area contributed by atoms with E-state index in [1.54, 1.807) is 0 Å². The van der Waals surface area contributed by atoms with Crippen LogP contribution >= 0.6 is 0 Å². The standard InChI is InChI=1S/C7H12N2O/c1-3-10-7-4-6(2)8-5-9-7/h4,8H,3,5H2,1-2H3. The van der Waals surface area contributed by atoms with Gasteiger partial charge >= 0.3 is 0 Å². The minimum absolute atomic E-state index is 0.637. The molecule has 0 unspecified atom stereocenters. The maximum absolute atomic E-state index is 5.19. The number of hydrogen-bond donors (Lipinski definition) is 1. The average molecular weight is 140 g/mol. The van der Waals surface area contributed by atoms with Gasteiger partial charge < -0.3 is 10.1 Å². The third-order valence-corrected chi connectivity index (χ3v) is 1.22. The summed E-state index contributed by atoms with van der Waals surface area (Å²) in [4.78, 5) is 4.08. The summed E-state index contributed by atoms with van der Waals surface area (Å²) in [5.41, 5.74) is 1.11. The van der Waals surface area contributed by atoms with Gasteiger partial charge in [0, 0.05) is 11.8 Å². The Morgan fingerprint density at radius 3 is 3.20 bits per heavy atom. The Labute approximate surface area is 60.8 Å². The molecule has 1 aliphatic rings. The molecule has 0 saturated heterocycles. The topological polar surface area (TPSA) is 33.6 Å². The molecule has 1 rings (SSSR count). The van der Waals surface area contributed by atoms with E-state index in [9.17, 15) is 0 Å². The molecule has 0 spiro atoms. The molecule has 0 amide bonds. The number of ether oxygens (including phenoxy) is 1. The molecule has 0 fully saturated rings. The van der Waals surface area contributed by atoms with Gasteiger partial charge in [-0.25, -0.2) is 4.99 Å². The molecule has 1 aliphatic heterocycles. The van der Waals surface area contributed by atoms with Gasteiger partial charge in [0.05, 0.1) is 6.61 Å². The lowest BCUT2D eigenvalue weighted by Gasteiger charge is -2.11. The van der Waals surface area contributed by atoms with E-state index in [0.717, 1.165) is 11.6 Å². The monoisotopic (exact) mass is 140 g/mol. The summed E-state index contributed by atoms with van der Waals surface area (Å²) in [7, 11) is 0. The Hall–Kier alpha value is -0.990. The summed E-state index contributed by atoms with van der Waals surface area (Å²) < 4.78 is 5.19. The van der Waals surface area contributed by atoms with E-state index < -0.39 is 0 Å². The maximum atomic E-state index is 5.19. The summed E-state index contributed by atoms with van der Waals surface area (Å²) in [6.45, 7) is 5.27. The number of rotatable bonds is 1. The fourth-order valence-corrected chi connectivity index (χ4v) is 0.759. The van der Waals surface area contributed by atoms with Gasteiger partial charge in [0.25, 0.3) is 0 Å². The number of nitrogens with one attached hydrogen (secondary N) is 1.